The van der Waals surface area contributed by atoms with Gasteiger partial charge in [-0.05, 0) is 0 Å². The van der Waals surface area contributed by atoms with Gasteiger partial charge in [0.25, 0.3) is 0 Å². The van der Waals surface area contributed by atoms with Crippen molar-refractivity contribution in [1.82, 2.24) is 14.0 Å². The molecule has 0 unspecified atom stereocenters. The number of rotatable bonds is 4. The van der Waals surface area contributed by atoms with Crippen LogP contribution in [-0.4, -0.2) is 62.3 Å². The quantitative estimate of drug-likeness (QED) is 0.661. The van der Waals surface area contributed by atoms with Crippen molar-refractivity contribution in [2.75, 3.05) is 42.3 Å². The first-order chi connectivity index (χ1) is 6.25. The topological polar surface area (TPSA) is 36.0 Å². The van der Waals surface area contributed by atoms with Crippen molar-refractivity contribution in [2.24, 2.45) is 0 Å². The largest absolute Gasteiger partial charge is 0.420 e. The molecule has 0 heterocycles. The van der Waals surface area contributed by atoms with Crippen molar-refractivity contribution < 1.29 is 9.32 Å². The third kappa shape index (κ3) is 2.64. The van der Waals surface area contributed by atoms with Crippen LogP contribution in [0.3, 0.4) is 0 Å². The van der Waals surface area contributed by atoms with Gasteiger partial charge in [-0.2, -0.15) is 0 Å². The zero-order valence-electron chi connectivity index (χ0n) is 10.1. The van der Waals surface area contributed by atoms with Crippen LogP contribution in [0.5, 0.6) is 0 Å². The summed E-state index contributed by atoms with van der Waals surface area (Å²) < 4.78 is 11.3. The maximum atomic E-state index is 11.1. The summed E-state index contributed by atoms with van der Waals surface area (Å²) in [6.45, 7) is 1.44. The normalized spacial score (nSPS) is 12.7. The molecule has 0 saturated heterocycles. The molecule has 14 heavy (non-hydrogen) atoms. The highest BCUT2D eigenvalue weighted by Crippen LogP contribution is 2.64. The maximum Gasteiger partial charge on any atom is 0.420 e. The molecule has 0 bridgehead atoms. The first-order valence-corrected chi connectivity index (χ1v) is 5.94. The van der Waals surface area contributed by atoms with E-state index >= 15 is 0 Å². The molecule has 0 spiro atoms. The first kappa shape index (κ1) is 13.8. The molecule has 0 aromatic rings. The molecule has 0 radical (unpaired) electrons. The van der Waals surface area contributed by atoms with Crippen molar-refractivity contribution in [3.63, 3.8) is 0 Å². The van der Waals surface area contributed by atoms with Gasteiger partial charge >= 0.3 is 13.9 Å². The fraction of sp³-hybridized carbons (Fsp3) is 0.875. The van der Waals surface area contributed by atoms with Gasteiger partial charge < -0.3 is 0 Å². The van der Waals surface area contributed by atoms with Gasteiger partial charge in [0.15, 0.2) is 0 Å². The van der Waals surface area contributed by atoms with E-state index in [1.165, 1.54) is 6.92 Å². The van der Waals surface area contributed by atoms with E-state index < -0.39 is 7.94 Å². The summed E-state index contributed by atoms with van der Waals surface area (Å²) in [6, 6.07) is 0. The fourth-order valence-corrected chi connectivity index (χ4v) is 4.47. The Morgan fingerprint density at radius 1 is 0.929 bits per heavy atom. The minimum Gasteiger partial charge on any atom is -0.255 e. The Balaban J connectivity index is 5.05. The summed E-state index contributed by atoms with van der Waals surface area (Å²) in [7, 11) is 9.36. The SMILES string of the molecule is CC(=O)O[P+](N(C)C)(N(C)C)N(C)C. The lowest BCUT2D eigenvalue weighted by atomic mass is 10.9. The molecular weight excluding hydrogens is 201 g/mol. The van der Waals surface area contributed by atoms with Gasteiger partial charge in [-0.25, -0.2) is 4.79 Å². The summed E-state index contributed by atoms with van der Waals surface area (Å²) in [6.07, 6.45) is 0. The van der Waals surface area contributed by atoms with E-state index in [1.807, 2.05) is 56.3 Å². The van der Waals surface area contributed by atoms with Gasteiger partial charge in [0.1, 0.15) is 0 Å². The Kier molecular flexibility index (Phi) is 4.95. The Labute approximate surface area is 87.2 Å². The van der Waals surface area contributed by atoms with Crippen LogP contribution in [0.4, 0.5) is 0 Å². The number of carbonyl (C=O) groups is 1. The van der Waals surface area contributed by atoms with E-state index in [0.717, 1.165) is 0 Å². The second-order valence-corrected chi connectivity index (χ2v) is 7.25. The molecule has 0 aromatic heterocycles. The molecule has 0 saturated carbocycles. The molecule has 6 heteroatoms. The summed E-state index contributed by atoms with van der Waals surface area (Å²) in [5, 5.41) is 0. The van der Waals surface area contributed by atoms with E-state index in [4.69, 9.17) is 4.52 Å². The highest BCUT2D eigenvalue weighted by Gasteiger charge is 2.53. The van der Waals surface area contributed by atoms with Crippen molar-refractivity contribution >= 4 is 13.9 Å². The van der Waals surface area contributed by atoms with Crippen LogP contribution in [0.2, 0.25) is 0 Å². The molecular formula is C8H21N3O2P+. The van der Waals surface area contributed by atoms with E-state index in [2.05, 4.69) is 0 Å². The Bertz CT molecular complexity index is 185. The molecule has 0 aliphatic carbocycles. The van der Waals surface area contributed by atoms with Crippen LogP contribution in [0.25, 0.3) is 0 Å². The summed E-state index contributed by atoms with van der Waals surface area (Å²) in [5.41, 5.74) is 0. The van der Waals surface area contributed by atoms with Crippen molar-refractivity contribution in [2.45, 2.75) is 6.92 Å². The van der Waals surface area contributed by atoms with Gasteiger partial charge in [0.2, 0.25) is 0 Å². The summed E-state index contributed by atoms with van der Waals surface area (Å²) in [5.74, 6) is -0.255. The minimum atomic E-state index is -2.12. The lowest BCUT2D eigenvalue weighted by Crippen LogP contribution is -2.38. The monoisotopic (exact) mass is 222 g/mol. The predicted octanol–water partition coefficient (Wildman–Crippen LogP) is 0.912. The molecule has 0 aliphatic rings. The van der Waals surface area contributed by atoms with Crippen LogP contribution in [0, 0.1) is 0 Å². The summed E-state index contributed by atoms with van der Waals surface area (Å²) >= 11 is 0. The predicted molar refractivity (Wildman–Crippen MR) is 59.7 cm³/mol. The van der Waals surface area contributed by atoms with E-state index in [9.17, 15) is 4.79 Å². The summed E-state index contributed by atoms with van der Waals surface area (Å²) in [4.78, 5) is 11.1. The number of nitrogens with zero attached hydrogens (tertiary/aromatic N) is 3. The Morgan fingerprint density at radius 3 is 1.29 bits per heavy atom. The highest BCUT2D eigenvalue weighted by atomic mass is 31.2. The third-order valence-electron chi connectivity index (χ3n) is 1.81. The van der Waals surface area contributed by atoms with Crippen LogP contribution < -0.4 is 0 Å². The average molecular weight is 222 g/mol. The van der Waals surface area contributed by atoms with E-state index in [1.54, 1.807) is 0 Å². The second-order valence-electron chi connectivity index (χ2n) is 3.64. The zero-order chi connectivity index (χ0) is 11.5. The van der Waals surface area contributed by atoms with Gasteiger partial charge in [-0.15, -0.1) is 14.0 Å². The Hall–Kier alpha value is -0.220. The fourth-order valence-electron chi connectivity index (χ4n) is 1.49. The van der Waals surface area contributed by atoms with Crippen LogP contribution >= 0.6 is 7.94 Å². The van der Waals surface area contributed by atoms with Crippen molar-refractivity contribution in [3.05, 3.63) is 0 Å². The number of hydrogen-bond acceptors (Lipinski definition) is 5. The lowest BCUT2D eigenvalue weighted by molar-refractivity contribution is -0.132. The molecule has 0 fully saturated rings. The first-order valence-electron chi connectivity index (χ1n) is 4.37. The number of carbonyl (C=O) groups excluding carboxylic acids is 1. The molecule has 0 aromatic carbocycles. The van der Waals surface area contributed by atoms with Gasteiger partial charge in [0.05, 0.1) is 0 Å². The third-order valence-corrected chi connectivity index (χ3v) is 5.44. The van der Waals surface area contributed by atoms with E-state index in [0.29, 0.717) is 0 Å². The van der Waals surface area contributed by atoms with Gasteiger partial charge in [-0.1, -0.05) is 0 Å². The van der Waals surface area contributed by atoms with Crippen molar-refractivity contribution in [3.8, 4) is 0 Å². The van der Waals surface area contributed by atoms with Crippen LogP contribution in [-0.2, 0) is 9.32 Å². The highest BCUT2D eigenvalue weighted by molar-refractivity contribution is 7.64. The van der Waals surface area contributed by atoms with Crippen molar-refractivity contribution in [1.29, 1.82) is 0 Å². The molecule has 0 N–H and O–H groups in total. The van der Waals surface area contributed by atoms with Crippen LogP contribution in [0.15, 0.2) is 0 Å². The number of hydrogen-bond donors (Lipinski definition) is 0. The van der Waals surface area contributed by atoms with Crippen LogP contribution in [0.1, 0.15) is 6.92 Å². The lowest BCUT2D eigenvalue weighted by Gasteiger charge is -2.35. The molecule has 0 atom stereocenters. The maximum absolute atomic E-state index is 11.1. The molecule has 5 nitrogen and oxygen atoms in total. The molecule has 84 valence electrons. The average Bonchev–Trinajstić information content (AvgIpc) is 1.97. The standard InChI is InChI=1S/C8H21N3O2P/c1-8(12)13-14(9(2)3,10(4)5)11(6)7/h1-7H3/q+1. The minimum absolute atomic E-state index is 0.255. The molecule has 0 aliphatic heterocycles. The van der Waals surface area contributed by atoms with Gasteiger partial charge in [-0.3, -0.25) is 4.52 Å². The Morgan fingerprint density at radius 2 is 1.21 bits per heavy atom. The van der Waals surface area contributed by atoms with Gasteiger partial charge in [0, 0.05) is 49.2 Å². The van der Waals surface area contributed by atoms with E-state index in [-0.39, 0.29) is 5.97 Å². The second kappa shape index (κ2) is 5.03. The smallest absolute Gasteiger partial charge is 0.255 e. The zero-order valence-corrected chi connectivity index (χ0v) is 11.0. The molecule has 0 amide bonds. The molecule has 0 rings (SSSR count).